The van der Waals surface area contributed by atoms with Gasteiger partial charge in [-0.15, -0.1) is 26.3 Å². The Morgan fingerprint density at radius 2 is 0.969 bits per heavy atom. The maximum Gasteiger partial charge on any atom is 0.135 e. The van der Waals surface area contributed by atoms with E-state index >= 15 is 0 Å². The molecule has 4 aromatic carbocycles. The minimum absolute atomic E-state index is 0. The van der Waals surface area contributed by atoms with Gasteiger partial charge in [0.25, 0.3) is 0 Å². The fraction of sp³-hybridized carbons (Fsp3) is 0.368. The molecular weight excluding hydrogens is 932 g/mol. The molecule has 0 radical (unpaired) electrons. The van der Waals surface area contributed by atoms with Gasteiger partial charge in [0.05, 0.1) is 50.4 Å². The molecule has 6 nitrogen and oxygen atoms in total. The van der Waals surface area contributed by atoms with Crippen LogP contribution in [0.4, 0.5) is 0 Å². The van der Waals surface area contributed by atoms with Gasteiger partial charge >= 0.3 is 0 Å². The molecule has 0 N–H and O–H groups in total. The lowest BCUT2D eigenvalue weighted by Crippen LogP contribution is -3.00. The molecule has 65 heavy (non-hydrogen) atoms. The number of aromatic nitrogens is 2. The Hall–Kier alpha value is -4.28. The van der Waals surface area contributed by atoms with Crippen LogP contribution in [0.1, 0.15) is 67.6 Å². The van der Waals surface area contributed by atoms with Crippen molar-refractivity contribution in [2.45, 2.75) is 70.5 Å². The Balaban J connectivity index is 0.00000210. The third-order valence-corrected chi connectivity index (χ3v) is 15.9. The highest BCUT2D eigenvalue weighted by molar-refractivity contribution is 5.88. The highest BCUT2D eigenvalue weighted by atomic mass is 79.9. The number of hydrogen-bond acceptors (Lipinski definition) is 4. The van der Waals surface area contributed by atoms with Crippen molar-refractivity contribution in [3.05, 3.63) is 182 Å². The van der Waals surface area contributed by atoms with Gasteiger partial charge in [0.15, 0.2) is 0 Å². The minimum Gasteiger partial charge on any atom is -1.00 e. The molecule has 8 unspecified atom stereocenters. The Kier molecular flexibility index (Phi) is 15.5. The predicted molar refractivity (Wildman–Crippen MR) is 260 cm³/mol. The summed E-state index contributed by atoms with van der Waals surface area (Å²) in [5, 5.41) is 5.11. The van der Waals surface area contributed by atoms with Crippen LogP contribution in [-0.4, -0.2) is 70.4 Å². The van der Waals surface area contributed by atoms with Crippen molar-refractivity contribution in [1.29, 1.82) is 0 Å². The lowest BCUT2D eigenvalue weighted by molar-refractivity contribution is -0.985. The molecular formula is C57H66Br2N4O2. The number of rotatable bonds is 16. The van der Waals surface area contributed by atoms with Crippen LogP contribution >= 0.6 is 0 Å². The molecule has 0 spiro atoms. The number of para-hydroxylation sites is 2. The molecule has 340 valence electrons. The van der Waals surface area contributed by atoms with E-state index in [1.54, 1.807) is 0 Å². The average Bonchev–Trinajstić information content (AvgIpc) is 3.32. The number of quaternary nitrogens is 2. The van der Waals surface area contributed by atoms with Crippen LogP contribution in [-0.2, 0) is 22.6 Å². The molecule has 8 heterocycles. The summed E-state index contributed by atoms with van der Waals surface area (Å²) in [6.07, 6.45) is 16.7. The van der Waals surface area contributed by atoms with Crippen LogP contribution in [0.25, 0.3) is 32.6 Å². The monoisotopic (exact) mass is 996 g/mol. The number of piperidine rings is 6. The summed E-state index contributed by atoms with van der Waals surface area (Å²) in [4.78, 5) is 9.51. The maximum absolute atomic E-state index is 6.94. The van der Waals surface area contributed by atoms with E-state index in [1.807, 2.05) is 24.5 Å². The Bertz CT molecular complexity index is 2460. The lowest BCUT2D eigenvalue weighted by Gasteiger charge is -2.59. The van der Waals surface area contributed by atoms with E-state index in [9.17, 15) is 0 Å². The second-order valence-electron chi connectivity index (χ2n) is 18.9. The van der Waals surface area contributed by atoms with Gasteiger partial charge in [-0.2, -0.15) is 0 Å². The number of pyridine rings is 2. The van der Waals surface area contributed by atoms with Crippen molar-refractivity contribution in [1.82, 2.24) is 9.97 Å². The van der Waals surface area contributed by atoms with E-state index < -0.39 is 0 Å². The number of nitrogens with zero attached hydrogens (tertiary/aromatic N) is 4. The quantitative estimate of drug-likeness (QED) is 0.0846. The minimum atomic E-state index is -0.0821. The van der Waals surface area contributed by atoms with Crippen molar-refractivity contribution >= 4 is 32.6 Å². The summed E-state index contributed by atoms with van der Waals surface area (Å²) < 4.78 is 15.9. The van der Waals surface area contributed by atoms with Crippen molar-refractivity contribution in [2.24, 2.45) is 23.7 Å². The summed E-state index contributed by atoms with van der Waals surface area (Å²) in [5.74, 6) is 2.19. The highest BCUT2D eigenvalue weighted by Gasteiger charge is 2.56. The van der Waals surface area contributed by atoms with Crippen molar-refractivity contribution < 1.29 is 52.4 Å². The van der Waals surface area contributed by atoms with Crippen molar-refractivity contribution in [2.75, 3.05) is 39.4 Å². The van der Waals surface area contributed by atoms with E-state index in [-0.39, 0.29) is 65.7 Å². The molecule has 6 aliphatic heterocycles. The molecule has 4 bridgehead atoms. The fourth-order valence-electron chi connectivity index (χ4n) is 13.0. The van der Waals surface area contributed by atoms with Gasteiger partial charge in [-0.1, -0.05) is 105 Å². The molecule has 6 aromatic rings. The van der Waals surface area contributed by atoms with Gasteiger partial charge in [-0.3, -0.25) is 9.97 Å². The van der Waals surface area contributed by atoms with Crippen LogP contribution in [0.15, 0.2) is 160 Å². The molecule has 6 fully saturated rings. The first-order chi connectivity index (χ1) is 30.5. The normalized spacial score (nSPS) is 27.4. The number of hydrogen-bond donors (Lipinski definition) is 0. The molecule has 2 aromatic heterocycles. The third-order valence-electron chi connectivity index (χ3n) is 15.9. The summed E-state index contributed by atoms with van der Waals surface area (Å²) in [6, 6.07) is 36.3. The zero-order chi connectivity index (χ0) is 42.3. The fourth-order valence-corrected chi connectivity index (χ4v) is 13.0. The van der Waals surface area contributed by atoms with E-state index in [4.69, 9.17) is 19.4 Å². The summed E-state index contributed by atoms with van der Waals surface area (Å²) in [6.45, 7) is 24.3. The van der Waals surface area contributed by atoms with Crippen molar-refractivity contribution in [3.63, 3.8) is 0 Å². The Morgan fingerprint density at radius 1 is 0.554 bits per heavy atom. The molecule has 6 aliphatic rings. The first-order valence-corrected chi connectivity index (χ1v) is 23.1. The van der Waals surface area contributed by atoms with Crippen LogP contribution < -0.4 is 34.0 Å². The highest BCUT2D eigenvalue weighted by Crippen LogP contribution is 2.51. The molecule has 6 saturated heterocycles. The standard InChI is InChI=1S/C56H62N4O2.CH4.2BrH/c1-5-31-61-55(49-23-27-57-51-21-11-9-17-47(49)51)53-33-41-25-29-59(53,35-39(41)7-3)37-43-15-13-20-46-44(16-14-19-45(43)46)38-60-30-26-42(40(8-4)36-60)34-54(60)56(62-32-6-2)50-24-28-58-52-22-12-10-18-48(50)52;;;/h5-24,27-28,39-42,53-56H,1-4,25-26,29-38H2;1H4;2*1H/q+2;;;/p-2/t39?,40?,41?,42?,53?,54?,55-,56-,59?,60?;;;/m1.../s1. The molecule has 12 rings (SSSR count). The number of ether oxygens (including phenoxy) is 2. The van der Waals surface area contributed by atoms with Crippen LogP contribution in [0.5, 0.6) is 0 Å². The van der Waals surface area contributed by atoms with Crippen molar-refractivity contribution in [3.8, 4) is 0 Å². The summed E-state index contributed by atoms with van der Waals surface area (Å²) in [5.41, 5.74) is 7.36. The predicted octanol–water partition coefficient (Wildman–Crippen LogP) is 6.29. The van der Waals surface area contributed by atoms with E-state index in [0.717, 1.165) is 72.1 Å². The second-order valence-corrected chi connectivity index (χ2v) is 18.9. The van der Waals surface area contributed by atoms with Gasteiger partial charge in [-0.25, -0.2) is 0 Å². The second kappa shape index (κ2) is 20.7. The molecule has 0 saturated carbocycles. The largest absolute Gasteiger partial charge is 1.00 e. The number of fused-ring (bicyclic) bond motifs is 9. The van der Waals surface area contributed by atoms with E-state index in [2.05, 4.69) is 136 Å². The zero-order valence-corrected chi connectivity index (χ0v) is 40.2. The lowest BCUT2D eigenvalue weighted by atomic mass is 9.70. The summed E-state index contributed by atoms with van der Waals surface area (Å²) in [7, 11) is 0. The number of halogens is 2. The van der Waals surface area contributed by atoms with Gasteiger partial charge in [0.1, 0.15) is 37.4 Å². The molecule has 0 aliphatic carbocycles. The van der Waals surface area contributed by atoms with E-state index in [0.29, 0.717) is 36.9 Å². The topological polar surface area (TPSA) is 44.2 Å². The van der Waals surface area contributed by atoms with Gasteiger partial charge in [0.2, 0.25) is 0 Å². The zero-order valence-electron chi connectivity index (χ0n) is 37.0. The smallest absolute Gasteiger partial charge is 0.135 e. The van der Waals surface area contributed by atoms with Crippen LogP contribution in [0.2, 0.25) is 0 Å². The van der Waals surface area contributed by atoms with Gasteiger partial charge < -0.3 is 52.4 Å². The van der Waals surface area contributed by atoms with Crippen LogP contribution in [0.3, 0.4) is 0 Å². The molecule has 10 atom stereocenters. The Labute approximate surface area is 408 Å². The van der Waals surface area contributed by atoms with Crippen LogP contribution in [0, 0.1) is 23.7 Å². The van der Waals surface area contributed by atoms with Gasteiger partial charge in [0, 0.05) is 71.8 Å². The van der Waals surface area contributed by atoms with Gasteiger partial charge in [-0.05, 0) is 58.0 Å². The number of benzene rings is 4. The van der Waals surface area contributed by atoms with E-state index in [1.165, 1.54) is 56.6 Å². The summed E-state index contributed by atoms with van der Waals surface area (Å²) >= 11 is 0. The average molecular weight is 999 g/mol. The maximum atomic E-state index is 6.94. The third kappa shape index (κ3) is 8.88. The Morgan fingerprint density at radius 3 is 1.38 bits per heavy atom. The molecule has 8 heteroatoms. The first kappa shape index (κ1) is 48.6. The molecule has 0 amide bonds. The SMILES string of the molecule is C.C=CCO[C@H](c1ccnc2ccccc12)C1CC2CC[N+]1(Cc1cccc3c(C[N+]45CCC(CC4[C@H](OCC=C)c4ccnc6ccccc46)C(C=C)C5)cccc13)CC2C=C.[Br-].[Br-]. The first-order valence-electron chi connectivity index (χ1n) is 23.1.